The second-order valence-corrected chi connectivity index (χ2v) is 6.24. The molecule has 130 valence electrons. The van der Waals surface area contributed by atoms with Crippen molar-refractivity contribution < 1.29 is 14.4 Å². The molecule has 0 spiro atoms. The van der Waals surface area contributed by atoms with Crippen molar-refractivity contribution >= 4 is 23.4 Å². The Morgan fingerprint density at radius 2 is 1.88 bits per heavy atom. The van der Waals surface area contributed by atoms with Gasteiger partial charge in [0, 0.05) is 24.5 Å². The summed E-state index contributed by atoms with van der Waals surface area (Å²) >= 11 is 0. The molecule has 2 aromatic heterocycles. The lowest BCUT2D eigenvalue weighted by Crippen LogP contribution is -2.24. The van der Waals surface area contributed by atoms with Crippen LogP contribution in [0.3, 0.4) is 0 Å². The highest BCUT2D eigenvalue weighted by molar-refractivity contribution is 6.21. The van der Waals surface area contributed by atoms with E-state index in [1.54, 1.807) is 6.07 Å². The maximum absolute atomic E-state index is 12.4. The summed E-state index contributed by atoms with van der Waals surface area (Å²) < 4.78 is 1.96. The minimum absolute atomic E-state index is 0.258. The minimum Gasteiger partial charge on any atom is -0.346 e. The van der Waals surface area contributed by atoms with Gasteiger partial charge in [0.25, 0.3) is 17.7 Å². The van der Waals surface area contributed by atoms with Gasteiger partial charge in [-0.3, -0.25) is 19.3 Å². The Labute approximate surface area is 149 Å². The molecule has 0 aliphatic carbocycles. The molecule has 7 nitrogen and oxygen atoms in total. The first-order valence-electron chi connectivity index (χ1n) is 8.14. The zero-order valence-corrected chi connectivity index (χ0v) is 14.3. The van der Waals surface area contributed by atoms with Gasteiger partial charge in [-0.1, -0.05) is 6.07 Å². The molecule has 3 aromatic rings. The Hall–Kier alpha value is -3.48. The van der Waals surface area contributed by atoms with Crippen molar-refractivity contribution in [2.45, 2.75) is 13.5 Å². The zero-order valence-electron chi connectivity index (χ0n) is 14.3. The predicted octanol–water partition coefficient (Wildman–Crippen LogP) is 1.80. The third-order valence-corrected chi connectivity index (χ3v) is 4.53. The van der Waals surface area contributed by atoms with E-state index in [0.29, 0.717) is 11.1 Å². The van der Waals surface area contributed by atoms with E-state index in [0.717, 1.165) is 21.9 Å². The van der Waals surface area contributed by atoms with Gasteiger partial charge in [-0.2, -0.15) is 0 Å². The number of hydrogen-bond donors (Lipinski definition) is 1. The Balaban J connectivity index is 1.53. The van der Waals surface area contributed by atoms with E-state index in [-0.39, 0.29) is 23.9 Å². The van der Waals surface area contributed by atoms with E-state index < -0.39 is 5.91 Å². The molecule has 0 bridgehead atoms. The van der Waals surface area contributed by atoms with Crippen LogP contribution >= 0.6 is 0 Å². The first-order chi connectivity index (χ1) is 12.5. The Kier molecular flexibility index (Phi) is 3.57. The number of aryl methyl sites for hydroxylation is 1. The first-order valence-corrected chi connectivity index (χ1v) is 8.14. The van der Waals surface area contributed by atoms with Crippen LogP contribution in [0.2, 0.25) is 0 Å². The number of rotatable bonds is 3. The number of nitrogens with zero attached hydrogens (tertiary/aromatic N) is 3. The SMILES string of the molecule is Cc1cccc2nc(CNC(=O)c3ccc4c(c3)C(=O)N(C)C4=O)cn12. The summed E-state index contributed by atoms with van der Waals surface area (Å²) in [7, 11) is 1.43. The largest absolute Gasteiger partial charge is 0.346 e. The molecular weight excluding hydrogens is 332 g/mol. The van der Waals surface area contributed by atoms with Crippen molar-refractivity contribution in [1.82, 2.24) is 19.6 Å². The highest BCUT2D eigenvalue weighted by Crippen LogP contribution is 2.22. The Morgan fingerprint density at radius 1 is 1.12 bits per heavy atom. The molecule has 0 saturated heterocycles. The lowest BCUT2D eigenvalue weighted by molar-refractivity contribution is 0.0693. The number of nitrogens with one attached hydrogen (secondary N) is 1. The summed E-state index contributed by atoms with van der Waals surface area (Å²) in [5.74, 6) is -1.07. The van der Waals surface area contributed by atoms with Crippen LogP contribution in [-0.4, -0.2) is 39.1 Å². The molecule has 0 unspecified atom stereocenters. The average Bonchev–Trinajstić information content (AvgIpc) is 3.16. The van der Waals surface area contributed by atoms with E-state index in [9.17, 15) is 14.4 Å². The molecule has 4 rings (SSSR count). The molecule has 1 N–H and O–H groups in total. The van der Waals surface area contributed by atoms with Gasteiger partial charge in [-0.05, 0) is 37.3 Å². The molecule has 26 heavy (non-hydrogen) atoms. The number of imide groups is 1. The number of carbonyl (C=O) groups excluding carboxylic acids is 3. The third-order valence-electron chi connectivity index (χ3n) is 4.53. The molecule has 3 amide bonds. The molecule has 0 radical (unpaired) electrons. The van der Waals surface area contributed by atoms with Crippen LogP contribution < -0.4 is 5.32 Å². The molecule has 0 saturated carbocycles. The second kappa shape index (κ2) is 5.80. The third kappa shape index (κ3) is 2.45. The lowest BCUT2D eigenvalue weighted by atomic mass is 10.1. The fourth-order valence-electron chi connectivity index (χ4n) is 3.06. The van der Waals surface area contributed by atoms with Crippen LogP contribution in [0.15, 0.2) is 42.6 Å². The van der Waals surface area contributed by atoms with Gasteiger partial charge >= 0.3 is 0 Å². The van der Waals surface area contributed by atoms with Crippen LogP contribution in [0.25, 0.3) is 5.65 Å². The van der Waals surface area contributed by atoms with Crippen LogP contribution in [0.1, 0.15) is 42.5 Å². The number of aromatic nitrogens is 2. The zero-order chi connectivity index (χ0) is 18.4. The predicted molar refractivity (Wildman–Crippen MR) is 94.0 cm³/mol. The summed E-state index contributed by atoms with van der Waals surface area (Å²) in [6.07, 6.45) is 1.88. The lowest BCUT2D eigenvalue weighted by Gasteiger charge is -2.04. The number of carbonyl (C=O) groups is 3. The molecule has 1 aliphatic heterocycles. The Bertz CT molecular complexity index is 1080. The van der Waals surface area contributed by atoms with Crippen molar-refractivity contribution in [1.29, 1.82) is 0 Å². The summed E-state index contributed by atoms with van der Waals surface area (Å²) in [4.78, 5) is 41.9. The van der Waals surface area contributed by atoms with Crippen molar-refractivity contribution in [2.24, 2.45) is 0 Å². The maximum Gasteiger partial charge on any atom is 0.261 e. The molecule has 0 atom stereocenters. The molecule has 7 heteroatoms. The highest BCUT2D eigenvalue weighted by atomic mass is 16.2. The van der Waals surface area contributed by atoms with Crippen molar-refractivity contribution in [3.63, 3.8) is 0 Å². The van der Waals surface area contributed by atoms with E-state index in [2.05, 4.69) is 10.3 Å². The van der Waals surface area contributed by atoms with Gasteiger partial charge in [-0.15, -0.1) is 0 Å². The van der Waals surface area contributed by atoms with Gasteiger partial charge in [0.2, 0.25) is 0 Å². The summed E-state index contributed by atoms with van der Waals surface area (Å²) in [6.45, 7) is 2.25. The quantitative estimate of drug-likeness (QED) is 0.732. The standard InChI is InChI=1S/C19H16N4O3/c1-11-4-3-5-16-21-13(10-23(11)16)9-20-17(24)12-6-7-14-15(8-12)19(26)22(2)18(14)25/h3-8,10H,9H2,1-2H3,(H,20,24). The van der Waals surface area contributed by atoms with Crippen molar-refractivity contribution in [2.75, 3.05) is 7.05 Å². The molecule has 1 aromatic carbocycles. The van der Waals surface area contributed by atoms with Crippen molar-refractivity contribution in [3.8, 4) is 0 Å². The topological polar surface area (TPSA) is 83.8 Å². The molecule has 3 heterocycles. The van der Waals surface area contributed by atoms with E-state index in [4.69, 9.17) is 0 Å². The van der Waals surface area contributed by atoms with Crippen LogP contribution in [0.5, 0.6) is 0 Å². The number of fused-ring (bicyclic) bond motifs is 2. The average molecular weight is 348 g/mol. The van der Waals surface area contributed by atoms with Gasteiger partial charge in [0.1, 0.15) is 5.65 Å². The second-order valence-electron chi connectivity index (χ2n) is 6.24. The fraction of sp³-hybridized carbons (Fsp3) is 0.158. The van der Waals surface area contributed by atoms with E-state index in [1.165, 1.54) is 19.2 Å². The maximum atomic E-state index is 12.4. The smallest absolute Gasteiger partial charge is 0.261 e. The van der Waals surface area contributed by atoms with Crippen LogP contribution in [-0.2, 0) is 6.54 Å². The monoisotopic (exact) mass is 348 g/mol. The normalized spacial score (nSPS) is 13.4. The van der Waals surface area contributed by atoms with Gasteiger partial charge in [0.05, 0.1) is 23.4 Å². The van der Waals surface area contributed by atoms with Crippen molar-refractivity contribution in [3.05, 3.63) is 70.7 Å². The van der Waals surface area contributed by atoms with Gasteiger partial charge < -0.3 is 9.72 Å². The van der Waals surface area contributed by atoms with E-state index in [1.807, 2.05) is 35.7 Å². The number of imidazole rings is 1. The highest BCUT2D eigenvalue weighted by Gasteiger charge is 2.33. The molecule has 0 fully saturated rings. The van der Waals surface area contributed by atoms with Gasteiger partial charge in [-0.25, -0.2) is 4.98 Å². The van der Waals surface area contributed by atoms with Gasteiger partial charge in [0.15, 0.2) is 0 Å². The summed E-state index contributed by atoms with van der Waals surface area (Å²) in [6, 6.07) is 10.3. The fourth-order valence-corrected chi connectivity index (χ4v) is 3.06. The number of pyridine rings is 1. The van der Waals surface area contributed by atoms with Crippen LogP contribution in [0.4, 0.5) is 0 Å². The molecule has 1 aliphatic rings. The summed E-state index contributed by atoms with van der Waals surface area (Å²) in [5, 5.41) is 2.80. The van der Waals surface area contributed by atoms with E-state index >= 15 is 0 Å². The first kappa shape index (κ1) is 16.0. The Morgan fingerprint density at radius 3 is 2.65 bits per heavy atom. The number of amides is 3. The number of benzene rings is 1. The number of hydrogen-bond acceptors (Lipinski definition) is 4. The molecular formula is C19H16N4O3. The minimum atomic E-state index is -0.393. The van der Waals surface area contributed by atoms with Crippen LogP contribution in [0, 0.1) is 6.92 Å². The summed E-state index contributed by atoms with van der Waals surface area (Å²) in [5.41, 5.74) is 3.52.